The number of nitrogens with two attached hydrogens (primary N) is 1. The first-order valence-electron chi connectivity index (χ1n) is 4.79. The Labute approximate surface area is 92.8 Å². The van der Waals surface area contributed by atoms with Crippen LogP contribution in [0.4, 0.5) is 5.69 Å². The van der Waals surface area contributed by atoms with E-state index < -0.39 is 11.0 Å². The summed E-state index contributed by atoms with van der Waals surface area (Å²) in [5.74, 6) is 0.199. The van der Waals surface area contributed by atoms with E-state index in [0.717, 1.165) is 0 Å². The van der Waals surface area contributed by atoms with Gasteiger partial charge < -0.3 is 15.6 Å². The van der Waals surface area contributed by atoms with E-state index in [1.54, 1.807) is 6.07 Å². The molecule has 3 N–H and O–H groups in total. The van der Waals surface area contributed by atoms with Crippen LogP contribution in [0.25, 0.3) is 0 Å². The number of hydrogen-bond donors (Lipinski definition) is 2. The second-order valence-corrected chi connectivity index (χ2v) is 3.31. The van der Waals surface area contributed by atoms with Crippen LogP contribution < -0.4 is 10.5 Å². The lowest BCUT2D eigenvalue weighted by atomic mass is 10.0. The van der Waals surface area contributed by atoms with Crippen LogP contribution in [0.5, 0.6) is 5.75 Å². The topological polar surface area (TPSA) is 98.6 Å². The number of nitrogens with zero attached hydrogens (tertiary/aromatic N) is 1. The van der Waals surface area contributed by atoms with E-state index in [2.05, 4.69) is 0 Å². The van der Waals surface area contributed by atoms with Gasteiger partial charge in [-0.05, 0) is 18.1 Å². The fourth-order valence-corrected chi connectivity index (χ4v) is 1.39. The van der Waals surface area contributed by atoms with E-state index in [-0.39, 0.29) is 18.0 Å². The molecule has 0 aliphatic rings. The average molecular weight is 226 g/mol. The molecule has 0 saturated carbocycles. The molecule has 0 bridgehead atoms. The number of nitro groups is 1. The second kappa shape index (κ2) is 5.43. The highest BCUT2D eigenvalue weighted by molar-refractivity contribution is 5.49. The predicted molar refractivity (Wildman–Crippen MR) is 58.3 cm³/mol. The van der Waals surface area contributed by atoms with Gasteiger partial charge in [-0.25, -0.2) is 0 Å². The van der Waals surface area contributed by atoms with Gasteiger partial charge in [0.15, 0.2) is 5.75 Å². The van der Waals surface area contributed by atoms with Crippen LogP contribution in [0.1, 0.15) is 18.0 Å². The molecule has 0 saturated heterocycles. The van der Waals surface area contributed by atoms with Gasteiger partial charge in [-0.2, -0.15) is 0 Å². The summed E-state index contributed by atoms with van der Waals surface area (Å²) in [4.78, 5) is 10.2. The van der Waals surface area contributed by atoms with Gasteiger partial charge in [0.1, 0.15) is 0 Å². The van der Waals surface area contributed by atoms with Gasteiger partial charge in [0.05, 0.1) is 12.0 Å². The molecule has 1 rings (SSSR count). The first-order valence-corrected chi connectivity index (χ1v) is 4.79. The lowest BCUT2D eigenvalue weighted by Crippen LogP contribution is -2.12. The molecule has 0 aliphatic heterocycles. The van der Waals surface area contributed by atoms with Crippen LogP contribution >= 0.6 is 0 Å². The van der Waals surface area contributed by atoms with Crippen LogP contribution in [-0.2, 0) is 0 Å². The fourth-order valence-electron chi connectivity index (χ4n) is 1.39. The smallest absolute Gasteiger partial charge is 0.311 e. The number of aliphatic hydroxyl groups excluding tert-OH is 1. The summed E-state index contributed by atoms with van der Waals surface area (Å²) in [5.41, 5.74) is 6.24. The molecule has 16 heavy (non-hydrogen) atoms. The van der Waals surface area contributed by atoms with Gasteiger partial charge in [0, 0.05) is 18.7 Å². The maximum Gasteiger partial charge on any atom is 0.311 e. The third kappa shape index (κ3) is 2.68. The summed E-state index contributed by atoms with van der Waals surface area (Å²) in [6.07, 6.45) is 0.365. The summed E-state index contributed by atoms with van der Waals surface area (Å²) in [6.45, 7) is -0.0546. The van der Waals surface area contributed by atoms with E-state index in [0.29, 0.717) is 12.0 Å². The molecular formula is C10H14N2O4. The second-order valence-electron chi connectivity index (χ2n) is 3.31. The monoisotopic (exact) mass is 226 g/mol. The number of hydrogen-bond acceptors (Lipinski definition) is 5. The third-order valence-corrected chi connectivity index (χ3v) is 2.27. The number of aliphatic hydroxyl groups is 1. The van der Waals surface area contributed by atoms with Crippen LogP contribution in [0.15, 0.2) is 18.2 Å². The quantitative estimate of drug-likeness (QED) is 0.576. The van der Waals surface area contributed by atoms with Crippen molar-refractivity contribution in [2.24, 2.45) is 5.73 Å². The predicted octanol–water partition coefficient (Wildman–Crippen LogP) is 0.986. The van der Waals surface area contributed by atoms with Gasteiger partial charge in [0.25, 0.3) is 0 Å². The van der Waals surface area contributed by atoms with Gasteiger partial charge in [-0.3, -0.25) is 10.1 Å². The van der Waals surface area contributed by atoms with Crippen molar-refractivity contribution in [3.8, 4) is 5.75 Å². The highest BCUT2D eigenvalue weighted by Crippen LogP contribution is 2.29. The van der Waals surface area contributed by atoms with Crippen LogP contribution in [0, 0.1) is 10.1 Å². The van der Waals surface area contributed by atoms with E-state index >= 15 is 0 Å². The maximum atomic E-state index is 10.7. The first kappa shape index (κ1) is 12.4. The standard InChI is InChI=1S/C10H14N2O4/c1-16-10-3-2-7(8(11)4-5-13)6-9(10)12(14)15/h2-3,6,8,13H,4-5,11H2,1H3. The van der Waals surface area contributed by atoms with Crippen molar-refractivity contribution in [3.05, 3.63) is 33.9 Å². The van der Waals surface area contributed by atoms with Crippen molar-refractivity contribution in [2.75, 3.05) is 13.7 Å². The summed E-state index contributed by atoms with van der Waals surface area (Å²) in [6, 6.07) is 4.13. The van der Waals surface area contributed by atoms with Crippen molar-refractivity contribution in [1.29, 1.82) is 0 Å². The Balaban J connectivity index is 3.06. The van der Waals surface area contributed by atoms with Crippen LogP contribution in [0.2, 0.25) is 0 Å². The molecular weight excluding hydrogens is 212 g/mol. The van der Waals surface area contributed by atoms with Crippen molar-refractivity contribution < 1.29 is 14.8 Å². The molecule has 0 radical (unpaired) electrons. The minimum Gasteiger partial charge on any atom is -0.490 e. The molecule has 6 heteroatoms. The van der Waals surface area contributed by atoms with Crippen molar-refractivity contribution in [3.63, 3.8) is 0 Å². The van der Waals surface area contributed by atoms with Gasteiger partial charge >= 0.3 is 5.69 Å². The molecule has 1 aromatic carbocycles. The molecule has 1 atom stereocenters. The molecule has 0 amide bonds. The van der Waals surface area contributed by atoms with Gasteiger partial charge in [-0.1, -0.05) is 6.07 Å². The zero-order valence-electron chi connectivity index (χ0n) is 8.92. The average Bonchev–Trinajstić information content (AvgIpc) is 2.28. The molecule has 0 aromatic heterocycles. The lowest BCUT2D eigenvalue weighted by Gasteiger charge is -2.11. The zero-order valence-corrected chi connectivity index (χ0v) is 8.92. The molecule has 1 unspecified atom stereocenters. The Kier molecular flexibility index (Phi) is 4.21. The lowest BCUT2D eigenvalue weighted by molar-refractivity contribution is -0.385. The fraction of sp³-hybridized carbons (Fsp3) is 0.400. The summed E-state index contributed by atoms with van der Waals surface area (Å²) in [5, 5.41) is 19.5. The molecule has 0 aliphatic carbocycles. The Hall–Kier alpha value is -1.66. The molecule has 1 aromatic rings. The first-order chi connectivity index (χ1) is 7.60. The molecule has 88 valence electrons. The number of nitro benzene ring substituents is 1. The third-order valence-electron chi connectivity index (χ3n) is 2.27. The maximum absolute atomic E-state index is 10.7. The Morgan fingerprint density at radius 2 is 2.31 bits per heavy atom. The highest BCUT2D eigenvalue weighted by Gasteiger charge is 2.17. The molecule has 0 heterocycles. The number of rotatable bonds is 5. The molecule has 0 fully saturated rings. The Morgan fingerprint density at radius 3 is 2.81 bits per heavy atom. The number of ether oxygens (including phenoxy) is 1. The van der Waals surface area contributed by atoms with Crippen LogP contribution in [-0.4, -0.2) is 23.7 Å². The number of methoxy groups -OCH3 is 1. The largest absolute Gasteiger partial charge is 0.490 e. The van der Waals surface area contributed by atoms with E-state index in [9.17, 15) is 10.1 Å². The minimum absolute atomic E-state index is 0.0546. The Morgan fingerprint density at radius 1 is 1.62 bits per heavy atom. The molecule has 0 spiro atoms. The minimum atomic E-state index is -0.520. The van der Waals surface area contributed by atoms with Crippen molar-refractivity contribution in [2.45, 2.75) is 12.5 Å². The van der Waals surface area contributed by atoms with E-state index in [1.165, 1.54) is 19.2 Å². The van der Waals surface area contributed by atoms with E-state index in [1.807, 2.05) is 0 Å². The van der Waals surface area contributed by atoms with Gasteiger partial charge in [-0.15, -0.1) is 0 Å². The Bertz CT molecular complexity index is 381. The SMILES string of the molecule is COc1ccc(C(N)CCO)cc1[N+](=O)[O-]. The normalized spacial score (nSPS) is 12.2. The number of benzene rings is 1. The highest BCUT2D eigenvalue weighted by atomic mass is 16.6. The summed E-state index contributed by atoms with van der Waals surface area (Å²) < 4.78 is 4.87. The van der Waals surface area contributed by atoms with Crippen molar-refractivity contribution in [1.82, 2.24) is 0 Å². The summed E-state index contributed by atoms with van der Waals surface area (Å²) in [7, 11) is 1.37. The van der Waals surface area contributed by atoms with E-state index in [4.69, 9.17) is 15.6 Å². The molecule has 6 nitrogen and oxygen atoms in total. The summed E-state index contributed by atoms with van der Waals surface area (Å²) >= 11 is 0. The van der Waals surface area contributed by atoms with Crippen molar-refractivity contribution >= 4 is 5.69 Å². The van der Waals surface area contributed by atoms with Gasteiger partial charge in [0.2, 0.25) is 0 Å². The van der Waals surface area contributed by atoms with Crippen LogP contribution in [0.3, 0.4) is 0 Å². The zero-order chi connectivity index (χ0) is 12.1.